The predicted molar refractivity (Wildman–Crippen MR) is 93.0 cm³/mol. The Kier molecular flexibility index (Phi) is 4.82. The van der Waals surface area contributed by atoms with E-state index < -0.39 is 0 Å². The van der Waals surface area contributed by atoms with Gasteiger partial charge in [0.2, 0.25) is 11.7 Å². The number of carbonyl (C=O) groups excluding carboxylic acids is 1. The summed E-state index contributed by atoms with van der Waals surface area (Å²) in [6.45, 7) is 1.90. The van der Waals surface area contributed by atoms with Gasteiger partial charge in [-0.05, 0) is 30.7 Å². The third-order valence-corrected chi connectivity index (χ3v) is 4.32. The summed E-state index contributed by atoms with van der Waals surface area (Å²) in [6, 6.07) is 6.91. The number of thiophene rings is 1. The summed E-state index contributed by atoms with van der Waals surface area (Å²) in [5, 5.41) is 0. The maximum Gasteiger partial charge on any atom is 0.312 e. The highest BCUT2D eigenvalue weighted by Crippen LogP contribution is 2.39. The molecular weight excluding hydrogens is 350 g/mol. The highest BCUT2D eigenvalue weighted by Gasteiger charge is 2.21. The van der Waals surface area contributed by atoms with Crippen molar-refractivity contribution in [1.82, 2.24) is 9.97 Å². The Morgan fingerprint density at radius 1 is 1.38 bits per heavy atom. The van der Waals surface area contributed by atoms with Crippen molar-refractivity contribution in [2.24, 2.45) is 0 Å². The van der Waals surface area contributed by atoms with Gasteiger partial charge in [-0.25, -0.2) is 4.98 Å². The monoisotopic (exact) mass is 363 g/mol. The van der Waals surface area contributed by atoms with E-state index in [4.69, 9.17) is 26.5 Å². The smallest absolute Gasteiger partial charge is 0.312 e. The number of nitrogen functional groups attached to an aromatic ring is 1. The Morgan fingerprint density at radius 2 is 2.21 bits per heavy atom. The van der Waals surface area contributed by atoms with Crippen LogP contribution < -0.4 is 10.5 Å². The number of anilines is 1. The van der Waals surface area contributed by atoms with Gasteiger partial charge in [-0.2, -0.15) is 4.98 Å². The minimum absolute atomic E-state index is 0.124. The zero-order chi connectivity index (χ0) is 17.1. The van der Waals surface area contributed by atoms with Crippen LogP contribution in [0, 0.1) is 0 Å². The summed E-state index contributed by atoms with van der Waals surface area (Å²) >= 11 is 7.30. The first-order valence-electron chi connectivity index (χ1n) is 7.26. The molecule has 0 atom stereocenters. The molecule has 3 heterocycles. The molecule has 2 N–H and O–H groups in total. The lowest BCUT2D eigenvalue weighted by Crippen LogP contribution is -2.07. The fourth-order valence-corrected chi connectivity index (χ4v) is 3.00. The zero-order valence-electron chi connectivity index (χ0n) is 12.8. The standard InChI is InChI=1S/C16H14ClN3O3S/c1-2-3-13(21)22-16-14(10-5-6-11(17)24-10)23-15(20-16)9-4-7-12(18)19-8-9/h4-8H,2-3H2,1H3,(H2,18,19). The summed E-state index contributed by atoms with van der Waals surface area (Å²) in [5.74, 6) is 0.810. The van der Waals surface area contributed by atoms with Crippen LogP contribution in [0.4, 0.5) is 5.82 Å². The molecule has 124 valence electrons. The van der Waals surface area contributed by atoms with Crippen molar-refractivity contribution < 1.29 is 13.9 Å². The lowest BCUT2D eigenvalue weighted by Gasteiger charge is -2.00. The molecule has 0 aliphatic carbocycles. The van der Waals surface area contributed by atoms with Crippen LogP contribution >= 0.6 is 22.9 Å². The Balaban J connectivity index is 2.01. The van der Waals surface area contributed by atoms with Crippen LogP contribution in [-0.4, -0.2) is 15.9 Å². The summed E-state index contributed by atoms with van der Waals surface area (Å²) in [5.41, 5.74) is 6.22. The molecule has 0 aromatic carbocycles. The van der Waals surface area contributed by atoms with Crippen LogP contribution in [0.15, 0.2) is 34.9 Å². The maximum atomic E-state index is 11.8. The molecule has 0 aliphatic heterocycles. The summed E-state index contributed by atoms with van der Waals surface area (Å²) in [7, 11) is 0. The van der Waals surface area contributed by atoms with Gasteiger partial charge in [-0.1, -0.05) is 18.5 Å². The van der Waals surface area contributed by atoms with Crippen LogP contribution in [0.3, 0.4) is 0 Å². The summed E-state index contributed by atoms with van der Waals surface area (Å²) < 4.78 is 11.8. The maximum absolute atomic E-state index is 11.8. The van der Waals surface area contributed by atoms with E-state index in [2.05, 4.69) is 9.97 Å². The van der Waals surface area contributed by atoms with Crippen molar-refractivity contribution in [1.29, 1.82) is 0 Å². The average molecular weight is 364 g/mol. The fraction of sp³-hybridized carbons (Fsp3) is 0.188. The number of rotatable bonds is 5. The third-order valence-electron chi connectivity index (χ3n) is 3.09. The highest BCUT2D eigenvalue weighted by molar-refractivity contribution is 7.19. The number of carbonyl (C=O) groups is 1. The normalized spacial score (nSPS) is 10.8. The molecule has 24 heavy (non-hydrogen) atoms. The number of halogens is 1. The van der Waals surface area contributed by atoms with E-state index in [-0.39, 0.29) is 11.8 Å². The number of nitrogens with two attached hydrogens (primary N) is 1. The predicted octanol–water partition coefficient (Wildman–Crippen LogP) is 4.41. The summed E-state index contributed by atoms with van der Waals surface area (Å²) in [6.07, 6.45) is 2.53. The number of oxazole rings is 1. The number of pyridine rings is 1. The van der Waals surface area contributed by atoms with Crippen molar-refractivity contribution in [3.8, 4) is 28.0 Å². The number of esters is 1. The average Bonchev–Trinajstić information content (AvgIpc) is 3.14. The van der Waals surface area contributed by atoms with Crippen LogP contribution in [0.1, 0.15) is 19.8 Å². The van der Waals surface area contributed by atoms with Crippen molar-refractivity contribution in [3.05, 3.63) is 34.8 Å². The molecule has 0 radical (unpaired) electrons. The lowest BCUT2D eigenvalue weighted by molar-refractivity contribution is -0.134. The largest absolute Gasteiger partial charge is 0.431 e. The van der Waals surface area contributed by atoms with Gasteiger partial charge in [0.1, 0.15) is 5.82 Å². The number of ether oxygens (including phenoxy) is 1. The van der Waals surface area contributed by atoms with E-state index >= 15 is 0 Å². The molecule has 0 unspecified atom stereocenters. The van der Waals surface area contributed by atoms with Gasteiger partial charge in [0.05, 0.1) is 14.8 Å². The van der Waals surface area contributed by atoms with Gasteiger partial charge < -0.3 is 14.9 Å². The minimum Gasteiger partial charge on any atom is -0.431 e. The van der Waals surface area contributed by atoms with Crippen molar-refractivity contribution in [2.45, 2.75) is 19.8 Å². The molecule has 0 saturated carbocycles. The molecule has 0 fully saturated rings. The van der Waals surface area contributed by atoms with E-state index in [1.807, 2.05) is 6.92 Å². The first kappa shape index (κ1) is 16.5. The molecule has 3 aromatic rings. The molecule has 3 rings (SSSR count). The van der Waals surface area contributed by atoms with Gasteiger partial charge in [-0.15, -0.1) is 11.3 Å². The van der Waals surface area contributed by atoms with E-state index in [0.717, 1.165) is 4.88 Å². The molecule has 3 aromatic heterocycles. The van der Waals surface area contributed by atoms with Crippen molar-refractivity contribution in [2.75, 3.05) is 5.73 Å². The SMILES string of the molecule is CCCC(=O)Oc1nc(-c2ccc(N)nc2)oc1-c1ccc(Cl)s1. The van der Waals surface area contributed by atoms with Crippen LogP contribution in [0.25, 0.3) is 22.1 Å². The number of nitrogens with zero attached hydrogens (tertiary/aromatic N) is 2. The van der Waals surface area contributed by atoms with E-state index in [0.29, 0.717) is 40.2 Å². The van der Waals surface area contributed by atoms with Gasteiger partial charge in [0, 0.05) is 12.6 Å². The highest BCUT2D eigenvalue weighted by atomic mass is 35.5. The quantitative estimate of drug-likeness (QED) is 0.675. The molecule has 0 aliphatic rings. The zero-order valence-corrected chi connectivity index (χ0v) is 14.4. The molecule has 6 nitrogen and oxygen atoms in total. The Labute approximate surface area is 147 Å². The Bertz CT molecular complexity index is 858. The van der Waals surface area contributed by atoms with E-state index in [1.165, 1.54) is 11.3 Å². The number of aromatic nitrogens is 2. The van der Waals surface area contributed by atoms with Crippen molar-refractivity contribution in [3.63, 3.8) is 0 Å². The molecule has 8 heteroatoms. The van der Waals surface area contributed by atoms with E-state index in [1.54, 1.807) is 30.5 Å². The Hall–Kier alpha value is -2.38. The molecule has 0 saturated heterocycles. The van der Waals surface area contributed by atoms with Crippen molar-refractivity contribution >= 4 is 34.7 Å². The second kappa shape index (κ2) is 7.02. The molecule has 0 spiro atoms. The molecule has 0 amide bonds. The van der Waals surface area contributed by atoms with Crippen LogP contribution in [-0.2, 0) is 4.79 Å². The second-order valence-corrected chi connectivity index (χ2v) is 6.67. The number of hydrogen-bond donors (Lipinski definition) is 1. The molecular formula is C16H14ClN3O3S. The lowest BCUT2D eigenvalue weighted by atomic mass is 10.3. The second-order valence-electron chi connectivity index (χ2n) is 4.95. The van der Waals surface area contributed by atoms with Gasteiger partial charge >= 0.3 is 5.97 Å². The first-order valence-corrected chi connectivity index (χ1v) is 8.45. The molecule has 0 bridgehead atoms. The summed E-state index contributed by atoms with van der Waals surface area (Å²) in [4.78, 5) is 20.9. The van der Waals surface area contributed by atoms with Gasteiger partial charge in [0.15, 0.2) is 0 Å². The third kappa shape index (κ3) is 3.58. The minimum atomic E-state index is -0.364. The number of hydrogen-bond acceptors (Lipinski definition) is 7. The van der Waals surface area contributed by atoms with Gasteiger partial charge in [-0.3, -0.25) is 4.79 Å². The Morgan fingerprint density at radius 3 is 2.83 bits per heavy atom. The van der Waals surface area contributed by atoms with E-state index in [9.17, 15) is 4.79 Å². The van der Waals surface area contributed by atoms with Crippen LogP contribution in [0.2, 0.25) is 4.34 Å². The topological polar surface area (TPSA) is 91.2 Å². The first-order chi connectivity index (χ1) is 11.6. The fourth-order valence-electron chi connectivity index (χ4n) is 1.99. The van der Waals surface area contributed by atoms with Crippen LogP contribution in [0.5, 0.6) is 5.88 Å². The van der Waals surface area contributed by atoms with Gasteiger partial charge in [0.25, 0.3) is 5.88 Å².